The number of H-pyrrole nitrogens is 1. The average Bonchev–Trinajstić information content (AvgIpc) is 2.97. The Labute approximate surface area is 116 Å². The van der Waals surface area contributed by atoms with Crippen molar-refractivity contribution >= 4 is 38.2 Å². The summed E-state index contributed by atoms with van der Waals surface area (Å²) in [5.74, 6) is -0.456. The van der Waals surface area contributed by atoms with E-state index in [1.54, 1.807) is 6.07 Å². The third-order valence-corrected chi connectivity index (χ3v) is 4.47. The second-order valence-corrected chi connectivity index (χ2v) is 6.26. The molecule has 104 valence electrons. The third kappa shape index (κ3) is 2.90. The molecule has 0 bridgehead atoms. The Kier molecular flexibility index (Phi) is 3.63. The Morgan fingerprint density at radius 3 is 2.90 bits per heavy atom. The molecular weight excluding hydrogens is 306 g/mol. The molecule has 2 aromatic rings. The first-order chi connectivity index (χ1) is 9.42. The summed E-state index contributed by atoms with van der Waals surface area (Å²) in [6.45, 7) is 1.26. The van der Waals surface area contributed by atoms with Crippen molar-refractivity contribution in [3.8, 4) is 6.07 Å². The molecule has 0 saturated carbocycles. The first-order valence-electron chi connectivity index (χ1n) is 5.00. The summed E-state index contributed by atoms with van der Waals surface area (Å²) in [7, 11) is -4.01. The molecule has 10 nitrogen and oxygen atoms in total. The fourth-order valence-electron chi connectivity index (χ4n) is 1.15. The van der Waals surface area contributed by atoms with Crippen LogP contribution in [0.2, 0.25) is 0 Å². The summed E-state index contributed by atoms with van der Waals surface area (Å²) in [6.07, 6.45) is 1.18. The number of nitriles is 1. The summed E-state index contributed by atoms with van der Waals surface area (Å²) in [4.78, 5) is 10.8. The highest BCUT2D eigenvalue weighted by atomic mass is 32.2. The molecule has 0 radical (unpaired) electrons. The highest BCUT2D eigenvalue weighted by molar-refractivity contribution is 7.94. The second kappa shape index (κ2) is 5.23. The minimum absolute atomic E-state index is 0.0418. The van der Waals surface area contributed by atoms with E-state index in [2.05, 4.69) is 30.4 Å². The average molecular weight is 313 g/mol. The van der Waals surface area contributed by atoms with Crippen LogP contribution in [0.5, 0.6) is 0 Å². The van der Waals surface area contributed by atoms with Crippen molar-refractivity contribution in [2.75, 3.05) is 10.0 Å². The topological polar surface area (TPSA) is 154 Å². The van der Waals surface area contributed by atoms with Crippen molar-refractivity contribution in [2.45, 2.75) is 11.3 Å². The maximum absolute atomic E-state index is 12.0. The molecular formula is C8H7N7O3S2. The van der Waals surface area contributed by atoms with Gasteiger partial charge >= 0.3 is 0 Å². The van der Waals surface area contributed by atoms with Crippen LogP contribution < -0.4 is 10.0 Å². The molecule has 2 rings (SSSR count). The van der Waals surface area contributed by atoms with E-state index in [4.69, 9.17) is 5.26 Å². The third-order valence-electron chi connectivity index (χ3n) is 1.92. The fraction of sp³-hybridized carbons (Fsp3) is 0.125. The van der Waals surface area contributed by atoms with E-state index >= 15 is 0 Å². The van der Waals surface area contributed by atoms with Crippen molar-refractivity contribution in [1.82, 2.24) is 20.4 Å². The molecule has 0 atom stereocenters. The minimum Gasteiger partial charge on any atom is -0.301 e. The van der Waals surface area contributed by atoms with Gasteiger partial charge in [0, 0.05) is 6.92 Å². The van der Waals surface area contributed by atoms with Crippen LogP contribution in [0.25, 0.3) is 0 Å². The Hall–Kier alpha value is -2.52. The van der Waals surface area contributed by atoms with E-state index in [1.165, 1.54) is 13.1 Å². The molecule has 0 aliphatic rings. The maximum atomic E-state index is 12.0. The molecule has 2 aromatic heterocycles. The Bertz CT molecular complexity index is 785. The maximum Gasteiger partial charge on any atom is 0.292 e. The summed E-state index contributed by atoms with van der Waals surface area (Å²) < 4.78 is 25.8. The van der Waals surface area contributed by atoms with Crippen molar-refractivity contribution in [2.24, 2.45) is 0 Å². The van der Waals surface area contributed by atoms with Crippen LogP contribution in [0.15, 0.2) is 10.5 Å². The van der Waals surface area contributed by atoms with Gasteiger partial charge in [-0.3, -0.25) is 14.6 Å². The van der Waals surface area contributed by atoms with Crippen LogP contribution in [-0.4, -0.2) is 34.7 Å². The first-order valence-corrected chi connectivity index (χ1v) is 7.29. The first kappa shape index (κ1) is 13.9. The molecule has 2 heterocycles. The smallest absolute Gasteiger partial charge is 0.292 e. The minimum atomic E-state index is -4.01. The number of carbonyl (C=O) groups is 1. The number of sulfonamides is 1. The highest BCUT2D eigenvalue weighted by Crippen LogP contribution is 2.22. The van der Waals surface area contributed by atoms with Gasteiger partial charge in [0.1, 0.15) is 11.6 Å². The zero-order valence-corrected chi connectivity index (χ0v) is 11.5. The van der Waals surface area contributed by atoms with Gasteiger partial charge < -0.3 is 5.32 Å². The van der Waals surface area contributed by atoms with E-state index in [0.29, 0.717) is 11.3 Å². The molecule has 1 amide bonds. The van der Waals surface area contributed by atoms with E-state index in [9.17, 15) is 13.2 Å². The monoisotopic (exact) mass is 313 g/mol. The molecule has 0 aliphatic heterocycles. The van der Waals surface area contributed by atoms with Gasteiger partial charge in [0.25, 0.3) is 14.4 Å². The molecule has 3 N–H and O–H groups in total. The van der Waals surface area contributed by atoms with E-state index in [-0.39, 0.29) is 20.9 Å². The van der Waals surface area contributed by atoms with Crippen molar-refractivity contribution in [3.63, 3.8) is 0 Å². The lowest BCUT2D eigenvalue weighted by molar-refractivity contribution is -0.114. The molecule has 0 spiro atoms. The lowest BCUT2D eigenvalue weighted by Gasteiger charge is -2.01. The van der Waals surface area contributed by atoms with Crippen LogP contribution >= 0.6 is 11.3 Å². The molecule has 0 aromatic carbocycles. The SMILES string of the molecule is CC(=O)Nc1nnc(S(=O)(=O)Nc2[nH]ncc2C#N)s1. The number of nitrogens with one attached hydrogen (secondary N) is 3. The molecule has 20 heavy (non-hydrogen) atoms. The number of rotatable bonds is 4. The predicted molar refractivity (Wildman–Crippen MR) is 68.3 cm³/mol. The van der Waals surface area contributed by atoms with Gasteiger partial charge in [-0.25, -0.2) is 0 Å². The van der Waals surface area contributed by atoms with Gasteiger partial charge in [-0.2, -0.15) is 18.8 Å². The van der Waals surface area contributed by atoms with Gasteiger partial charge in [0.15, 0.2) is 5.82 Å². The standard InChI is InChI=1S/C8H7N7O3S2/c1-4(16)11-7-13-14-8(19-7)20(17,18)15-6-5(2-9)3-10-12-6/h3H,1H3,(H2,10,12,15)(H,11,13,16). The molecule has 0 aliphatic carbocycles. The predicted octanol–water partition coefficient (Wildman–Crippen LogP) is -0.108. The highest BCUT2D eigenvalue weighted by Gasteiger charge is 2.22. The van der Waals surface area contributed by atoms with Crippen LogP contribution in [0, 0.1) is 11.3 Å². The van der Waals surface area contributed by atoms with Crippen LogP contribution in [-0.2, 0) is 14.8 Å². The van der Waals surface area contributed by atoms with Gasteiger partial charge in [-0.15, -0.1) is 10.2 Å². The lowest BCUT2D eigenvalue weighted by atomic mass is 10.4. The summed E-state index contributed by atoms with van der Waals surface area (Å²) in [6, 6.07) is 1.77. The number of aromatic amines is 1. The van der Waals surface area contributed by atoms with Crippen molar-refractivity contribution in [1.29, 1.82) is 5.26 Å². The van der Waals surface area contributed by atoms with Gasteiger partial charge in [0.05, 0.1) is 6.20 Å². The number of hydrogen-bond acceptors (Lipinski definition) is 8. The Balaban J connectivity index is 2.25. The van der Waals surface area contributed by atoms with E-state index in [1.807, 2.05) is 0 Å². The molecule has 0 saturated heterocycles. The van der Waals surface area contributed by atoms with Crippen molar-refractivity contribution in [3.05, 3.63) is 11.8 Å². The quantitative estimate of drug-likeness (QED) is 0.665. The number of carbonyl (C=O) groups excluding carboxylic acids is 1. The number of nitrogens with zero attached hydrogens (tertiary/aromatic N) is 4. The zero-order chi connectivity index (χ0) is 14.8. The number of amides is 1. The molecule has 0 unspecified atom stereocenters. The largest absolute Gasteiger partial charge is 0.301 e. The summed E-state index contributed by atoms with van der Waals surface area (Å²) in [5, 5.41) is 24.0. The van der Waals surface area contributed by atoms with E-state index < -0.39 is 15.9 Å². The number of hydrogen-bond donors (Lipinski definition) is 3. The molecule has 0 fully saturated rings. The number of anilines is 2. The Morgan fingerprint density at radius 2 is 2.25 bits per heavy atom. The van der Waals surface area contributed by atoms with Crippen molar-refractivity contribution < 1.29 is 13.2 Å². The summed E-state index contributed by atoms with van der Waals surface area (Å²) in [5.41, 5.74) is 0.0418. The zero-order valence-electron chi connectivity index (χ0n) is 9.91. The second-order valence-electron chi connectivity index (χ2n) is 3.43. The van der Waals surface area contributed by atoms with Crippen LogP contribution in [0.3, 0.4) is 0 Å². The normalized spacial score (nSPS) is 10.8. The van der Waals surface area contributed by atoms with Gasteiger partial charge in [-0.1, -0.05) is 11.3 Å². The van der Waals surface area contributed by atoms with Crippen LogP contribution in [0.4, 0.5) is 10.9 Å². The lowest BCUT2D eigenvalue weighted by Crippen LogP contribution is -2.13. The van der Waals surface area contributed by atoms with Gasteiger partial charge in [0.2, 0.25) is 11.0 Å². The summed E-state index contributed by atoms with van der Waals surface area (Å²) >= 11 is 0.682. The Morgan fingerprint density at radius 1 is 1.50 bits per heavy atom. The molecule has 12 heteroatoms. The fourth-order valence-corrected chi connectivity index (χ4v) is 3.13. The number of aromatic nitrogens is 4. The van der Waals surface area contributed by atoms with Gasteiger partial charge in [-0.05, 0) is 0 Å². The van der Waals surface area contributed by atoms with E-state index in [0.717, 1.165) is 0 Å². The van der Waals surface area contributed by atoms with Crippen LogP contribution in [0.1, 0.15) is 12.5 Å².